The van der Waals surface area contributed by atoms with E-state index in [0.717, 1.165) is 47.6 Å². The normalized spacial score (nSPS) is 9.86. The van der Waals surface area contributed by atoms with Crippen LogP contribution in [0.1, 0.15) is 54.3 Å². The summed E-state index contributed by atoms with van der Waals surface area (Å²) in [6, 6.07) is 20.9. The molecule has 3 aromatic rings. The molecule has 0 aliphatic rings. The van der Waals surface area contributed by atoms with Crippen molar-refractivity contribution in [1.29, 1.82) is 0 Å². The number of aromatic hydroxyl groups is 1. The highest BCUT2D eigenvalue weighted by Gasteiger charge is 2.07. The summed E-state index contributed by atoms with van der Waals surface area (Å²) in [4.78, 5) is 24.2. The van der Waals surface area contributed by atoms with Crippen molar-refractivity contribution in [3.05, 3.63) is 77.9 Å². The van der Waals surface area contributed by atoms with Crippen molar-refractivity contribution >= 4 is 23.4 Å². The summed E-state index contributed by atoms with van der Waals surface area (Å²) in [6.07, 6.45) is 2.94. The number of nitrogens with one attached hydrogen (secondary N) is 2. The number of phenolic OH excluding ortho intramolecular Hbond substituents is 1. The van der Waals surface area contributed by atoms with Gasteiger partial charge in [0.05, 0.1) is 5.56 Å². The molecular weight excluding hydrogens is 450 g/mol. The van der Waals surface area contributed by atoms with Crippen LogP contribution >= 0.6 is 0 Å². The quantitative estimate of drug-likeness (QED) is 0.136. The SMILES string of the molecule is CCC.CN(C)CCCNc1ccc(O)c(C=O)c1.CNc1cc(-c2ccccc2)ccc1C(C)=O. The number of carbonyl (C=O) groups excluding carboxylic acids is 2. The van der Waals surface area contributed by atoms with Crippen LogP contribution in [-0.2, 0) is 0 Å². The van der Waals surface area contributed by atoms with E-state index in [2.05, 4.69) is 41.5 Å². The Morgan fingerprint density at radius 3 is 2.19 bits per heavy atom. The van der Waals surface area contributed by atoms with Crippen LogP contribution in [0.15, 0.2) is 66.7 Å². The number of rotatable bonds is 9. The van der Waals surface area contributed by atoms with Crippen LogP contribution in [0.2, 0.25) is 0 Å². The van der Waals surface area contributed by atoms with E-state index >= 15 is 0 Å². The lowest BCUT2D eigenvalue weighted by Crippen LogP contribution is -2.16. The fourth-order valence-electron chi connectivity index (χ4n) is 3.26. The molecule has 3 N–H and O–H groups in total. The maximum absolute atomic E-state index is 11.4. The second-order valence-corrected chi connectivity index (χ2v) is 8.61. The van der Waals surface area contributed by atoms with Crippen molar-refractivity contribution in [3.8, 4) is 16.9 Å². The number of ketones is 1. The fraction of sp³-hybridized carbons (Fsp3) is 0.333. The van der Waals surface area contributed by atoms with Gasteiger partial charge in [-0.15, -0.1) is 0 Å². The highest BCUT2D eigenvalue weighted by molar-refractivity contribution is 6.00. The lowest BCUT2D eigenvalue weighted by molar-refractivity contribution is 0.101. The average molecular weight is 492 g/mol. The first-order valence-electron chi connectivity index (χ1n) is 12.3. The third-order valence-corrected chi connectivity index (χ3v) is 5.04. The molecule has 0 aliphatic carbocycles. The summed E-state index contributed by atoms with van der Waals surface area (Å²) >= 11 is 0. The molecule has 0 radical (unpaired) electrons. The monoisotopic (exact) mass is 491 g/mol. The Morgan fingerprint density at radius 1 is 0.972 bits per heavy atom. The van der Waals surface area contributed by atoms with Crippen molar-refractivity contribution in [2.45, 2.75) is 33.6 Å². The van der Waals surface area contributed by atoms with Gasteiger partial charge < -0.3 is 20.6 Å². The maximum Gasteiger partial charge on any atom is 0.161 e. The standard InChI is InChI=1S/C15H15NO.C12H18N2O2.C3H8/c1-11(17)14-9-8-13(10-15(14)16-2)12-6-4-3-5-7-12;1-14(2)7-3-6-13-11-4-5-12(16)10(8-11)9-15;1-3-2/h3-10,16H,1-2H3;4-5,8-9,13,16H,3,6-7H2,1-2H3;3H2,1-2H3. The summed E-state index contributed by atoms with van der Waals surface area (Å²) in [5.74, 6) is 0.0998. The van der Waals surface area contributed by atoms with Gasteiger partial charge in [-0.25, -0.2) is 0 Å². The van der Waals surface area contributed by atoms with Crippen LogP contribution in [0, 0.1) is 0 Å². The predicted molar refractivity (Wildman–Crippen MR) is 153 cm³/mol. The second kappa shape index (κ2) is 16.9. The van der Waals surface area contributed by atoms with Crippen molar-refractivity contribution < 1.29 is 14.7 Å². The summed E-state index contributed by atoms with van der Waals surface area (Å²) in [5.41, 5.74) is 5.04. The molecule has 36 heavy (non-hydrogen) atoms. The molecule has 0 aliphatic heterocycles. The van der Waals surface area contributed by atoms with Crippen LogP contribution in [0.5, 0.6) is 5.75 Å². The van der Waals surface area contributed by atoms with Gasteiger partial charge in [-0.1, -0.05) is 56.7 Å². The molecule has 3 rings (SSSR count). The van der Waals surface area contributed by atoms with E-state index < -0.39 is 0 Å². The van der Waals surface area contributed by atoms with Crippen molar-refractivity contribution in [1.82, 2.24) is 4.90 Å². The molecule has 0 unspecified atom stereocenters. The Kier molecular flexibility index (Phi) is 14.3. The minimum Gasteiger partial charge on any atom is -0.507 e. The topological polar surface area (TPSA) is 81.7 Å². The van der Waals surface area contributed by atoms with Gasteiger partial charge in [-0.05, 0) is 75.4 Å². The van der Waals surface area contributed by atoms with E-state index in [4.69, 9.17) is 0 Å². The molecule has 3 aromatic carbocycles. The van der Waals surface area contributed by atoms with Gasteiger partial charge in [0.15, 0.2) is 12.1 Å². The first-order chi connectivity index (χ1) is 17.3. The van der Waals surface area contributed by atoms with Gasteiger partial charge in [0.25, 0.3) is 0 Å². The number of nitrogens with zero attached hydrogens (tertiary/aromatic N) is 1. The Morgan fingerprint density at radius 2 is 1.64 bits per heavy atom. The first kappa shape index (κ1) is 30.4. The molecule has 6 heteroatoms. The second-order valence-electron chi connectivity index (χ2n) is 8.61. The van der Waals surface area contributed by atoms with Gasteiger partial charge in [0.1, 0.15) is 5.75 Å². The smallest absolute Gasteiger partial charge is 0.161 e. The van der Waals surface area contributed by atoms with Gasteiger partial charge in [-0.2, -0.15) is 0 Å². The predicted octanol–water partition coefficient (Wildman–Crippen LogP) is 6.58. The fourth-order valence-corrected chi connectivity index (χ4v) is 3.26. The van der Waals surface area contributed by atoms with Crippen LogP contribution in [0.25, 0.3) is 11.1 Å². The third-order valence-electron chi connectivity index (χ3n) is 5.04. The van der Waals surface area contributed by atoms with E-state index in [-0.39, 0.29) is 11.5 Å². The van der Waals surface area contributed by atoms with Gasteiger partial charge >= 0.3 is 0 Å². The largest absolute Gasteiger partial charge is 0.507 e. The molecule has 0 atom stereocenters. The van der Waals surface area contributed by atoms with Gasteiger partial charge in [-0.3, -0.25) is 9.59 Å². The number of carbonyl (C=O) groups is 2. The highest BCUT2D eigenvalue weighted by atomic mass is 16.3. The number of aldehydes is 1. The Bertz CT molecular complexity index is 1070. The number of benzene rings is 3. The number of hydrogen-bond acceptors (Lipinski definition) is 6. The zero-order chi connectivity index (χ0) is 26.9. The van der Waals surface area contributed by atoms with Gasteiger partial charge in [0.2, 0.25) is 0 Å². The zero-order valence-electron chi connectivity index (χ0n) is 22.5. The molecule has 0 saturated carbocycles. The van der Waals surface area contributed by atoms with E-state index in [1.165, 1.54) is 12.5 Å². The molecule has 0 bridgehead atoms. The molecule has 0 amide bonds. The Labute approximate surface area is 216 Å². The van der Waals surface area contributed by atoms with E-state index in [1.807, 2.05) is 57.5 Å². The molecule has 0 saturated heterocycles. The summed E-state index contributed by atoms with van der Waals surface area (Å²) in [7, 11) is 5.90. The Balaban J connectivity index is 0.000000325. The first-order valence-corrected chi connectivity index (χ1v) is 12.3. The van der Waals surface area contributed by atoms with E-state index in [1.54, 1.807) is 19.1 Å². The van der Waals surface area contributed by atoms with Crippen LogP contribution in [0.4, 0.5) is 11.4 Å². The minimum atomic E-state index is 0.0221. The Hall–Kier alpha value is -3.64. The summed E-state index contributed by atoms with van der Waals surface area (Å²) in [5, 5.41) is 15.6. The molecule has 0 fully saturated rings. The van der Waals surface area contributed by atoms with Crippen LogP contribution in [-0.4, -0.2) is 56.3 Å². The van der Waals surface area contributed by atoms with E-state index in [0.29, 0.717) is 11.8 Å². The lowest BCUT2D eigenvalue weighted by atomic mass is 10.0. The third kappa shape index (κ3) is 10.7. The molecule has 0 heterocycles. The number of hydrogen-bond donors (Lipinski definition) is 3. The average Bonchev–Trinajstić information content (AvgIpc) is 2.88. The summed E-state index contributed by atoms with van der Waals surface area (Å²) < 4.78 is 0. The summed E-state index contributed by atoms with van der Waals surface area (Å²) in [6.45, 7) is 7.70. The van der Waals surface area contributed by atoms with E-state index in [9.17, 15) is 14.7 Å². The molecule has 0 spiro atoms. The number of phenols is 1. The molecule has 194 valence electrons. The highest BCUT2D eigenvalue weighted by Crippen LogP contribution is 2.25. The molecule has 6 nitrogen and oxygen atoms in total. The van der Waals surface area contributed by atoms with Crippen LogP contribution in [0.3, 0.4) is 0 Å². The van der Waals surface area contributed by atoms with Crippen molar-refractivity contribution in [2.75, 3.05) is 44.9 Å². The maximum atomic E-state index is 11.4. The lowest BCUT2D eigenvalue weighted by Gasteiger charge is -2.11. The zero-order valence-corrected chi connectivity index (χ0v) is 22.5. The number of anilines is 2. The molecular formula is C30H41N3O3. The minimum absolute atomic E-state index is 0.0221. The number of Topliss-reactive ketones (excluding diaryl/α,β-unsaturated/α-hetero) is 1. The van der Waals surface area contributed by atoms with Gasteiger partial charge in [0, 0.05) is 30.5 Å². The van der Waals surface area contributed by atoms with Crippen molar-refractivity contribution in [2.24, 2.45) is 0 Å². The van der Waals surface area contributed by atoms with Crippen molar-refractivity contribution in [3.63, 3.8) is 0 Å². The molecule has 0 aromatic heterocycles. The van der Waals surface area contributed by atoms with Crippen LogP contribution < -0.4 is 10.6 Å².